The van der Waals surface area contributed by atoms with E-state index in [0.29, 0.717) is 42.3 Å². The Bertz CT molecular complexity index is 2190. The minimum absolute atomic E-state index is 0.0333. The second-order valence-corrected chi connectivity index (χ2v) is 12.0. The number of aromatic hydroxyl groups is 1. The molecule has 1 saturated heterocycles. The largest absolute Gasteiger partial charge is 0.493 e. The van der Waals surface area contributed by atoms with Gasteiger partial charge in [0.2, 0.25) is 5.88 Å². The summed E-state index contributed by atoms with van der Waals surface area (Å²) in [7, 11) is 0. The van der Waals surface area contributed by atoms with Gasteiger partial charge in [-0.2, -0.15) is 0 Å². The van der Waals surface area contributed by atoms with Gasteiger partial charge in [0.25, 0.3) is 5.91 Å². The van der Waals surface area contributed by atoms with Crippen LogP contribution < -0.4 is 5.69 Å². The molecule has 0 saturated carbocycles. The predicted molar refractivity (Wildman–Crippen MR) is 174 cm³/mol. The lowest BCUT2D eigenvalue weighted by molar-refractivity contribution is 0.0681. The van der Waals surface area contributed by atoms with Crippen LogP contribution >= 0.6 is 11.6 Å². The Kier molecular flexibility index (Phi) is 7.43. The number of rotatable bonds is 5. The Morgan fingerprint density at radius 1 is 1.11 bits per heavy atom. The number of amides is 1. The number of nitrogens with one attached hydrogen (secondary N) is 2. The Hall–Kier alpha value is -5.20. The number of hydrogen-bond donors (Lipinski definition) is 3. The van der Waals surface area contributed by atoms with Crippen molar-refractivity contribution in [3.63, 3.8) is 0 Å². The number of benzene rings is 2. The normalized spacial score (nSPS) is 13.8. The van der Waals surface area contributed by atoms with E-state index in [2.05, 4.69) is 26.8 Å². The minimum atomic E-state index is -0.337. The molecule has 45 heavy (non-hydrogen) atoms. The molecule has 10 heteroatoms. The van der Waals surface area contributed by atoms with E-state index in [-0.39, 0.29) is 23.4 Å². The molecule has 3 N–H and O–H groups in total. The molecule has 226 valence electrons. The SMILES string of the molecule is Cc1ccc(C(=O)N2CCC(Cn3c(O)c(Cc4c[nH]c5c(Cl)cccc45)[nH]c3=O)CC2)cc1C#Cc1cnc2ccccn12. The summed E-state index contributed by atoms with van der Waals surface area (Å²) < 4.78 is 3.34. The molecular weight excluding hydrogens is 588 g/mol. The number of fused-ring (bicyclic) bond motifs is 2. The number of piperidine rings is 1. The first-order valence-corrected chi connectivity index (χ1v) is 15.3. The van der Waals surface area contributed by atoms with Gasteiger partial charge in [0.05, 0.1) is 22.4 Å². The van der Waals surface area contributed by atoms with Crippen LogP contribution in [0.3, 0.4) is 0 Å². The standard InChI is InChI=1S/C35H31ClN6O3/c1-22-8-9-25(17-24(22)10-11-27-20-37-31-7-2-3-14-41(27)31)33(43)40-15-12-23(13-16-40)21-42-34(44)30(39-35(42)45)18-26-19-38-32-28(26)5-4-6-29(32)36/h2-9,14,17,19-20,23,38,44H,12-13,15-16,18,21H2,1H3,(H,39,45). The fourth-order valence-electron chi connectivity index (χ4n) is 6.12. The average Bonchev–Trinajstić information content (AvgIpc) is 3.74. The zero-order valence-electron chi connectivity index (χ0n) is 24.7. The molecule has 5 heterocycles. The summed E-state index contributed by atoms with van der Waals surface area (Å²) in [5.74, 6) is 6.50. The van der Waals surface area contributed by atoms with Gasteiger partial charge in [-0.15, -0.1) is 0 Å². The lowest BCUT2D eigenvalue weighted by atomic mass is 9.95. The molecule has 7 rings (SSSR count). The maximum Gasteiger partial charge on any atom is 0.328 e. The van der Waals surface area contributed by atoms with Crippen LogP contribution in [0.25, 0.3) is 16.6 Å². The third-order valence-electron chi connectivity index (χ3n) is 8.72. The molecule has 1 fully saturated rings. The maximum atomic E-state index is 13.5. The lowest BCUT2D eigenvalue weighted by Gasteiger charge is -2.32. The number of carbonyl (C=O) groups is 1. The Morgan fingerprint density at radius 2 is 1.96 bits per heavy atom. The van der Waals surface area contributed by atoms with Crippen molar-refractivity contribution in [1.29, 1.82) is 0 Å². The fourth-order valence-corrected chi connectivity index (χ4v) is 6.35. The predicted octanol–water partition coefficient (Wildman–Crippen LogP) is 5.52. The van der Waals surface area contributed by atoms with E-state index in [0.717, 1.165) is 51.8 Å². The van der Waals surface area contributed by atoms with Gasteiger partial charge in [-0.3, -0.25) is 13.8 Å². The highest BCUT2D eigenvalue weighted by Crippen LogP contribution is 2.29. The fraction of sp³-hybridized carbons (Fsp3) is 0.229. The molecule has 0 unspecified atom stereocenters. The second kappa shape index (κ2) is 11.7. The van der Waals surface area contributed by atoms with Crippen LogP contribution in [0.4, 0.5) is 0 Å². The average molecular weight is 619 g/mol. The molecule has 1 aliphatic rings. The number of likely N-dealkylation sites (tertiary alicyclic amines) is 1. The van der Waals surface area contributed by atoms with Gasteiger partial charge in [0.1, 0.15) is 11.3 Å². The first kappa shape index (κ1) is 28.6. The smallest absolute Gasteiger partial charge is 0.328 e. The summed E-state index contributed by atoms with van der Waals surface area (Å²) in [6.45, 7) is 3.51. The van der Waals surface area contributed by atoms with Gasteiger partial charge in [0.15, 0.2) is 0 Å². The van der Waals surface area contributed by atoms with E-state index in [1.165, 1.54) is 4.57 Å². The van der Waals surface area contributed by atoms with Crippen molar-refractivity contribution in [3.8, 4) is 17.7 Å². The van der Waals surface area contributed by atoms with Crippen molar-refractivity contribution < 1.29 is 9.90 Å². The first-order chi connectivity index (χ1) is 21.9. The summed E-state index contributed by atoms with van der Waals surface area (Å²) >= 11 is 6.29. The van der Waals surface area contributed by atoms with Gasteiger partial charge in [0, 0.05) is 55.0 Å². The highest BCUT2D eigenvalue weighted by atomic mass is 35.5. The second-order valence-electron chi connectivity index (χ2n) is 11.6. The van der Waals surface area contributed by atoms with E-state index in [9.17, 15) is 14.7 Å². The summed E-state index contributed by atoms with van der Waals surface area (Å²) in [6.07, 6.45) is 7.35. The Labute approximate surface area is 264 Å². The quantitative estimate of drug-likeness (QED) is 0.221. The number of H-pyrrole nitrogens is 2. The van der Waals surface area contributed by atoms with Crippen LogP contribution in [0.1, 0.15) is 51.3 Å². The van der Waals surface area contributed by atoms with Crippen molar-refractivity contribution in [3.05, 3.63) is 122 Å². The molecule has 0 atom stereocenters. The van der Waals surface area contributed by atoms with E-state index in [1.54, 1.807) is 6.20 Å². The lowest BCUT2D eigenvalue weighted by Crippen LogP contribution is -2.40. The van der Waals surface area contributed by atoms with E-state index < -0.39 is 0 Å². The number of imidazole rings is 2. The van der Waals surface area contributed by atoms with Gasteiger partial charge in [-0.25, -0.2) is 9.78 Å². The number of hydrogen-bond acceptors (Lipinski definition) is 4. The van der Waals surface area contributed by atoms with Crippen LogP contribution in [-0.4, -0.2) is 52.9 Å². The monoisotopic (exact) mass is 618 g/mol. The van der Waals surface area contributed by atoms with Crippen molar-refractivity contribution in [2.24, 2.45) is 5.92 Å². The number of nitrogens with zero attached hydrogens (tertiary/aromatic N) is 4. The number of halogens is 1. The summed E-state index contributed by atoms with van der Waals surface area (Å²) in [4.78, 5) is 38.6. The van der Waals surface area contributed by atoms with Gasteiger partial charge >= 0.3 is 5.69 Å². The van der Waals surface area contributed by atoms with Gasteiger partial charge in [-0.1, -0.05) is 41.8 Å². The third kappa shape index (κ3) is 5.49. The minimum Gasteiger partial charge on any atom is -0.493 e. The molecular formula is C35H31ClN6O3. The zero-order valence-corrected chi connectivity index (χ0v) is 25.4. The summed E-state index contributed by atoms with van der Waals surface area (Å²) in [5.41, 5.74) is 5.91. The molecule has 0 aliphatic carbocycles. The Morgan fingerprint density at radius 3 is 2.80 bits per heavy atom. The van der Waals surface area contributed by atoms with Crippen LogP contribution in [0, 0.1) is 24.7 Å². The van der Waals surface area contributed by atoms with Crippen LogP contribution in [0.5, 0.6) is 5.88 Å². The first-order valence-electron chi connectivity index (χ1n) is 14.9. The molecule has 0 bridgehead atoms. The number of aromatic nitrogens is 5. The molecule has 1 aliphatic heterocycles. The summed E-state index contributed by atoms with van der Waals surface area (Å²) in [6, 6.07) is 17.1. The highest BCUT2D eigenvalue weighted by Gasteiger charge is 2.26. The molecule has 6 aromatic rings. The molecule has 1 amide bonds. The van der Waals surface area contributed by atoms with E-state index in [1.807, 2.05) is 83.2 Å². The number of carbonyl (C=O) groups excluding carboxylic acids is 1. The van der Waals surface area contributed by atoms with Crippen LogP contribution in [-0.2, 0) is 13.0 Å². The molecule has 0 radical (unpaired) electrons. The topological polar surface area (TPSA) is 111 Å². The van der Waals surface area contributed by atoms with Crippen LogP contribution in [0.2, 0.25) is 5.02 Å². The molecule has 9 nitrogen and oxygen atoms in total. The van der Waals surface area contributed by atoms with Crippen molar-refractivity contribution in [2.45, 2.75) is 32.7 Å². The van der Waals surface area contributed by atoms with Gasteiger partial charge < -0.3 is 20.0 Å². The van der Waals surface area contributed by atoms with Gasteiger partial charge in [-0.05, 0) is 73.1 Å². The third-order valence-corrected chi connectivity index (χ3v) is 9.03. The number of pyridine rings is 1. The molecule has 4 aromatic heterocycles. The zero-order chi connectivity index (χ0) is 31.1. The number of aryl methyl sites for hydroxylation is 1. The highest BCUT2D eigenvalue weighted by molar-refractivity contribution is 6.35. The molecule has 2 aromatic carbocycles. The van der Waals surface area contributed by atoms with E-state index in [4.69, 9.17) is 11.6 Å². The van der Waals surface area contributed by atoms with Crippen molar-refractivity contribution in [1.82, 2.24) is 28.8 Å². The summed E-state index contributed by atoms with van der Waals surface area (Å²) in [5, 5.41) is 12.5. The van der Waals surface area contributed by atoms with Crippen LogP contribution in [0.15, 0.2) is 78.0 Å². The van der Waals surface area contributed by atoms with Crippen molar-refractivity contribution in [2.75, 3.05) is 13.1 Å². The number of para-hydroxylation sites is 1. The van der Waals surface area contributed by atoms with Crippen molar-refractivity contribution >= 4 is 34.1 Å². The number of aromatic amines is 2. The maximum absolute atomic E-state index is 13.5. The van der Waals surface area contributed by atoms with E-state index >= 15 is 0 Å². The molecule has 0 spiro atoms. The Balaban J connectivity index is 1.01.